The number of nitrogens with one attached hydrogen (secondary N) is 3. The minimum atomic E-state index is -0.420. The fourth-order valence-corrected chi connectivity index (χ4v) is 2.70. The van der Waals surface area contributed by atoms with E-state index in [4.69, 9.17) is 0 Å². The Morgan fingerprint density at radius 3 is 2.73 bits per heavy atom. The Hall–Kier alpha value is -3.52. The smallest absolute Gasteiger partial charge is 0.267 e. The summed E-state index contributed by atoms with van der Waals surface area (Å²) in [6, 6.07) is 17.5. The van der Waals surface area contributed by atoms with Gasteiger partial charge in [-0.05, 0) is 37.1 Å². The summed E-state index contributed by atoms with van der Waals surface area (Å²) in [5, 5.41) is 16.2. The van der Waals surface area contributed by atoms with Gasteiger partial charge in [0.15, 0.2) is 0 Å². The van der Waals surface area contributed by atoms with E-state index in [0.29, 0.717) is 12.2 Å². The average Bonchev–Trinajstić information content (AvgIpc) is 3.07. The monoisotopic (exact) mass is 344 g/mol. The zero-order chi connectivity index (χ0) is 18.4. The first kappa shape index (κ1) is 17.3. The number of para-hydroxylation sites is 1. The second-order valence-electron chi connectivity index (χ2n) is 6.05. The quantitative estimate of drug-likeness (QED) is 0.363. The van der Waals surface area contributed by atoms with Gasteiger partial charge in [-0.15, -0.1) is 0 Å². The van der Waals surface area contributed by atoms with Crippen molar-refractivity contribution in [3.8, 4) is 6.07 Å². The van der Waals surface area contributed by atoms with Gasteiger partial charge in [0.25, 0.3) is 5.91 Å². The number of rotatable bonds is 6. The molecule has 0 fully saturated rings. The summed E-state index contributed by atoms with van der Waals surface area (Å²) in [5.74, 6) is -0.420. The summed E-state index contributed by atoms with van der Waals surface area (Å²) in [6.07, 6.45) is 4.25. The standard InChI is InChI=1S/C21H20N4O/c1-15-6-8-18(9-7-15)25-21(26)17(12-22)13-23-11-10-16-14-24-20-5-3-2-4-19(16)20/h2-9,13-14,23-24H,10-11H2,1H3,(H,25,26)/b17-13-. The molecule has 130 valence electrons. The number of amides is 1. The molecule has 5 nitrogen and oxygen atoms in total. The molecule has 0 spiro atoms. The Morgan fingerprint density at radius 2 is 1.96 bits per heavy atom. The number of nitrogens with zero attached hydrogens (tertiary/aromatic N) is 1. The summed E-state index contributed by atoms with van der Waals surface area (Å²) in [6.45, 7) is 2.61. The molecule has 1 amide bonds. The number of nitriles is 1. The van der Waals surface area contributed by atoms with Crippen LogP contribution in [-0.2, 0) is 11.2 Å². The fourth-order valence-electron chi connectivity index (χ4n) is 2.70. The highest BCUT2D eigenvalue weighted by molar-refractivity contribution is 6.06. The molecule has 0 atom stereocenters. The molecule has 1 heterocycles. The molecule has 3 N–H and O–H groups in total. The van der Waals surface area contributed by atoms with Crippen LogP contribution < -0.4 is 10.6 Å². The molecular formula is C21H20N4O. The van der Waals surface area contributed by atoms with Crippen molar-refractivity contribution >= 4 is 22.5 Å². The molecule has 3 rings (SSSR count). The first-order valence-corrected chi connectivity index (χ1v) is 8.44. The second kappa shape index (κ2) is 8.04. The van der Waals surface area contributed by atoms with Crippen LogP contribution >= 0.6 is 0 Å². The van der Waals surface area contributed by atoms with Gasteiger partial charge in [-0.3, -0.25) is 4.79 Å². The fraction of sp³-hybridized carbons (Fsp3) is 0.143. The van der Waals surface area contributed by atoms with E-state index >= 15 is 0 Å². The normalized spacial score (nSPS) is 11.2. The number of benzene rings is 2. The molecule has 0 unspecified atom stereocenters. The maximum atomic E-state index is 12.2. The lowest BCUT2D eigenvalue weighted by Crippen LogP contribution is -2.17. The van der Waals surface area contributed by atoms with Crippen LogP contribution in [-0.4, -0.2) is 17.4 Å². The van der Waals surface area contributed by atoms with Crippen LogP contribution in [0.4, 0.5) is 5.69 Å². The summed E-state index contributed by atoms with van der Waals surface area (Å²) in [4.78, 5) is 15.4. The van der Waals surface area contributed by atoms with Crippen molar-refractivity contribution < 1.29 is 4.79 Å². The van der Waals surface area contributed by atoms with Gasteiger partial charge in [0.05, 0.1) is 0 Å². The van der Waals surface area contributed by atoms with Gasteiger partial charge >= 0.3 is 0 Å². The number of anilines is 1. The van der Waals surface area contributed by atoms with Crippen molar-refractivity contribution in [3.05, 3.63) is 77.6 Å². The van der Waals surface area contributed by atoms with E-state index in [-0.39, 0.29) is 5.57 Å². The molecule has 0 saturated heterocycles. The zero-order valence-corrected chi connectivity index (χ0v) is 14.5. The van der Waals surface area contributed by atoms with Gasteiger partial charge in [-0.25, -0.2) is 0 Å². The number of carbonyl (C=O) groups is 1. The minimum absolute atomic E-state index is 0.0458. The van der Waals surface area contributed by atoms with Crippen LogP contribution in [0.5, 0.6) is 0 Å². The zero-order valence-electron chi connectivity index (χ0n) is 14.5. The van der Waals surface area contributed by atoms with E-state index in [1.165, 1.54) is 17.1 Å². The molecule has 0 aliphatic heterocycles. The first-order valence-electron chi connectivity index (χ1n) is 8.44. The van der Waals surface area contributed by atoms with Crippen LogP contribution in [0, 0.1) is 18.3 Å². The van der Waals surface area contributed by atoms with Gasteiger partial charge < -0.3 is 15.6 Å². The SMILES string of the molecule is Cc1ccc(NC(=O)/C(C#N)=C\NCCc2c[nH]c3ccccc23)cc1. The van der Waals surface area contributed by atoms with Gasteiger partial charge in [-0.1, -0.05) is 35.9 Å². The van der Waals surface area contributed by atoms with Crippen LogP contribution in [0.2, 0.25) is 0 Å². The third-order valence-corrected chi connectivity index (χ3v) is 4.13. The molecule has 0 radical (unpaired) electrons. The molecule has 2 aromatic carbocycles. The molecule has 1 aromatic heterocycles. The van der Waals surface area contributed by atoms with Crippen molar-refractivity contribution in [3.63, 3.8) is 0 Å². The molecular weight excluding hydrogens is 324 g/mol. The maximum absolute atomic E-state index is 12.2. The van der Waals surface area contributed by atoms with E-state index < -0.39 is 5.91 Å². The molecule has 26 heavy (non-hydrogen) atoms. The van der Waals surface area contributed by atoms with Gasteiger partial charge in [0.1, 0.15) is 11.6 Å². The van der Waals surface area contributed by atoms with Crippen LogP contribution in [0.1, 0.15) is 11.1 Å². The number of aromatic amines is 1. The van der Waals surface area contributed by atoms with Gasteiger partial charge in [0, 0.05) is 35.5 Å². The number of aromatic nitrogens is 1. The number of hydrogen-bond donors (Lipinski definition) is 3. The summed E-state index contributed by atoms with van der Waals surface area (Å²) in [7, 11) is 0. The van der Waals surface area contributed by atoms with E-state index in [1.807, 2.05) is 61.7 Å². The lowest BCUT2D eigenvalue weighted by molar-refractivity contribution is -0.112. The van der Waals surface area contributed by atoms with E-state index in [9.17, 15) is 10.1 Å². The Balaban J connectivity index is 1.56. The summed E-state index contributed by atoms with van der Waals surface area (Å²) >= 11 is 0. The third-order valence-electron chi connectivity index (χ3n) is 4.13. The van der Waals surface area contributed by atoms with Crippen molar-refractivity contribution in [1.29, 1.82) is 5.26 Å². The Morgan fingerprint density at radius 1 is 1.19 bits per heavy atom. The predicted molar refractivity (Wildman–Crippen MR) is 104 cm³/mol. The van der Waals surface area contributed by atoms with Crippen LogP contribution in [0.25, 0.3) is 10.9 Å². The number of carbonyl (C=O) groups excluding carboxylic acids is 1. The topological polar surface area (TPSA) is 80.7 Å². The number of fused-ring (bicyclic) bond motifs is 1. The average molecular weight is 344 g/mol. The van der Waals surface area contributed by atoms with Crippen molar-refractivity contribution in [2.45, 2.75) is 13.3 Å². The molecule has 0 aliphatic rings. The minimum Gasteiger partial charge on any atom is -0.389 e. The highest BCUT2D eigenvalue weighted by atomic mass is 16.1. The van der Waals surface area contributed by atoms with Gasteiger partial charge in [0.2, 0.25) is 0 Å². The van der Waals surface area contributed by atoms with E-state index in [1.54, 1.807) is 0 Å². The largest absolute Gasteiger partial charge is 0.389 e. The third kappa shape index (κ3) is 4.11. The van der Waals surface area contributed by atoms with Crippen molar-refractivity contribution in [2.24, 2.45) is 0 Å². The number of H-pyrrole nitrogens is 1. The molecule has 0 saturated carbocycles. The summed E-state index contributed by atoms with van der Waals surface area (Å²) in [5.41, 5.74) is 4.13. The highest BCUT2D eigenvalue weighted by Crippen LogP contribution is 2.17. The van der Waals surface area contributed by atoms with Crippen molar-refractivity contribution in [1.82, 2.24) is 10.3 Å². The first-order chi connectivity index (χ1) is 12.7. The lowest BCUT2D eigenvalue weighted by atomic mass is 10.1. The second-order valence-corrected chi connectivity index (χ2v) is 6.05. The molecule has 0 aliphatic carbocycles. The highest BCUT2D eigenvalue weighted by Gasteiger charge is 2.09. The lowest BCUT2D eigenvalue weighted by Gasteiger charge is -2.05. The van der Waals surface area contributed by atoms with Crippen molar-refractivity contribution in [2.75, 3.05) is 11.9 Å². The van der Waals surface area contributed by atoms with Crippen LogP contribution in [0.15, 0.2) is 66.5 Å². The maximum Gasteiger partial charge on any atom is 0.267 e. The molecule has 3 aromatic rings. The number of hydrogen-bond acceptors (Lipinski definition) is 3. The Kier molecular flexibility index (Phi) is 5.35. The molecule has 5 heteroatoms. The van der Waals surface area contributed by atoms with E-state index in [2.05, 4.69) is 21.7 Å². The van der Waals surface area contributed by atoms with Gasteiger partial charge in [-0.2, -0.15) is 5.26 Å². The molecule has 0 bridgehead atoms. The van der Waals surface area contributed by atoms with E-state index in [0.717, 1.165) is 17.5 Å². The number of aryl methyl sites for hydroxylation is 1. The Labute approximate surface area is 152 Å². The van der Waals surface area contributed by atoms with Crippen LogP contribution in [0.3, 0.4) is 0 Å². The Bertz CT molecular complexity index is 977. The summed E-state index contributed by atoms with van der Waals surface area (Å²) < 4.78 is 0. The predicted octanol–water partition coefficient (Wildman–Crippen LogP) is 3.65.